The molecule has 2 N–H and O–H groups in total. The van der Waals surface area contributed by atoms with Crippen LogP contribution < -0.4 is 5.73 Å². The molecule has 0 aromatic carbocycles. The van der Waals surface area contributed by atoms with E-state index in [0.717, 1.165) is 13.1 Å². The molecule has 0 aliphatic carbocycles. The smallest absolute Gasteiger partial charge is 0.000960 e. The second kappa shape index (κ2) is 7.20. The lowest BCUT2D eigenvalue weighted by atomic mass is 9.89. The van der Waals surface area contributed by atoms with Gasteiger partial charge in [0.2, 0.25) is 0 Å². The minimum absolute atomic E-state index is 0.288. The summed E-state index contributed by atoms with van der Waals surface area (Å²) in [4.78, 5) is 4.64. The quantitative estimate of drug-likeness (QED) is 0.661. The molecule has 0 saturated carbocycles. The molecule has 0 aliphatic rings. The standard InChI is InChI=1S/C12H29N3/c1-12(2,11-13)7-10-15(5)9-6-8-14(3)4/h6-11,13H2,1-5H3. The van der Waals surface area contributed by atoms with Crippen LogP contribution in [0.1, 0.15) is 26.7 Å². The Labute approximate surface area is 95.6 Å². The molecule has 15 heavy (non-hydrogen) atoms. The molecule has 0 rings (SSSR count). The number of hydrogen-bond acceptors (Lipinski definition) is 3. The van der Waals surface area contributed by atoms with Gasteiger partial charge in [0, 0.05) is 0 Å². The summed E-state index contributed by atoms with van der Waals surface area (Å²) in [5.74, 6) is 0. The predicted molar refractivity (Wildman–Crippen MR) is 68.1 cm³/mol. The zero-order valence-electron chi connectivity index (χ0n) is 11.2. The summed E-state index contributed by atoms with van der Waals surface area (Å²) >= 11 is 0. The maximum atomic E-state index is 5.71. The summed E-state index contributed by atoms with van der Waals surface area (Å²) in [6.45, 7) is 8.75. The Morgan fingerprint density at radius 1 is 1.00 bits per heavy atom. The normalized spacial score (nSPS) is 12.8. The molecule has 0 heterocycles. The molecule has 0 bridgehead atoms. The summed E-state index contributed by atoms with van der Waals surface area (Å²) < 4.78 is 0. The minimum Gasteiger partial charge on any atom is -0.330 e. The largest absolute Gasteiger partial charge is 0.330 e. The predicted octanol–water partition coefficient (Wildman–Crippen LogP) is 1.24. The first-order valence-electron chi connectivity index (χ1n) is 5.91. The molecule has 3 nitrogen and oxygen atoms in total. The third kappa shape index (κ3) is 8.85. The van der Waals surface area contributed by atoms with Gasteiger partial charge in [0.25, 0.3) is 0 Å². The summed E-state index contributed by atoms with van der Waals surface area (Å²) in [5, 5.41) is 0. The Kier molecular flexibility index (Phi) is 7.14. The van der Waals surface area contributed by atoms with Crippen molar-refractivity contribution in [2.75, 3.05) is 47.3 Å². The van der Waals surface area contributed by atoms with Crippen molar-refractivity contribution in [2.24, 2.45) is 11.1 Å². The summed E-state index contributed by atoms with van der Waals surface area (Å²) in [6, 6.07) is 0. The van der Waals surface area contributed by atoms with E-state index in [0.29, 0.717) is 0 Å². The Bertz CT molecular complexity index is 155. The fourth-order valence-corrected chi connectivity index (χ4v) is 1.36. The van der Waals surface area contributed by atoms with Crippen LogP contribution >= 0.6 is 0 Å². The molecule has 0 spiro atoms. The molecule has 0 aromatic rings. The van der Waals surface area contributed by atoms with Gasteiger partial charge in [0.1, 0.15) is 0 Å². The van der Waals surface area contributed by atoms with Crippen LogP contribution in [0.15, 0.2) is 0 Å². The Hall–Kier alpha value is -0.120. The highest BCUT2D eigenvalue weighted by Crippen LogP contribution is 2.17. The van der Waals surface area contributed by atoms with Crippen molar-refractivity contribution in [3.63, 3.8) is 0 Å². The molecule has 0 radical (unpaired) electrons. The van der Waals surface area contributed by atoms with Gasteiger partial charge in [0.05, 0.1) is 0 Å². The first kappa shape index (κ1) is 14.9. The maximum Gasteiger partial charge on any atom is -0.000960 e. The lowest BCUT2D eigenvalue weighted by Gasteiger charge is -2.26. The van der Waals surface area contributed by atoms with Crippen molar-refractivity contribution in [3.05, 3.63) is 0 Å². The van der Waals surface area contributed by atoms with Crippen molar-refractivity contribution in [3.8, 4) is 0 Å². The van der Waals surface area contributed by atoms with Crippen LogP contribution in [0.3, 0.4) is 0 Å². The molecule has 0 fully saturated rings. The van der Waals surface area contributed by atoms with Gasteiger partial charge in [-0.3, -0.25) is 0 Å². The number of rotatable bonds is 8. The Morgan fingerprint density at radius 2 is 1.60 bits per heavy atom. The Morgan fingerprint density at radius 3 is 2.07 bits per heavy atom. The molecule has 0 aliphatic heterocycles. The van der Waals surface area contributed by atoms with E-state index >= 15 is 0 Å². The van der Waals surface area contributed by atoms with Gasteiger partial charge in [-0.1, -0.05) is 13.8 Å². The Balaban J connectivity index is 3.53. The summed E-state index contributed by atoms with van der Waals surface area (Å²) in [6.07, 6.45) is 2.43. The van der Waals surface area contributed by atoms with E-state index < -0.39 is 0 Å². The van der Waals surface area contributed by atoms with Crippen LogP contribution in [-0.4, -0.2) is 57.1 Å². The fraction of sp³-hybridized carbons (Fsp3) is 1.00. The highest BCUT2D eigenvalue weighted by atomic mass is 15.1. The van der Waals surface area contributed by atoms with E-state index in [9.17, 15) is 0 Å². The van der Waals surface area contributed by atoms with Crippen molar-refractivity contribution >= 4 is 0 Å². The van der Waals surface area contributed by atoms with Crippen LogP contribution in [0.4, 0.5) is 0 Å². The number of hydrogen-bond donors (Lipinski definition) is 1. The van der Waals surface area contributed by atoms with Gasteiger partial charge in [-0.05, 0) is 65.6 Å². The van der Waals surface area contributed by atoms with Crippen molar-refractivity contribution < 1.29 is 0 Å². The van der Waals surface area contributed by atoms with E-state index in [-0.39, 0.29) is 5.41 Å². The van der Waals surface area contributed by atoms with E-state index in [1.165, 1.54) is 25.9 Å². The topological polar surface area (TPSA) is 32.5 Å². The molecular weight excluding hydrogens is 186 g/mol. The highest BCUT2D eigenvalue weighted by Gasteiger charge is 2.15. The molecule has 0 aromatic heterocycles. The molecule has 0 saturated heterocycles. The molecule has 92 valence electrons. The van der Waals surface area contributed by atoms with Gasteiger partial charge < -0.3 is 15.5 Å². The highest BCUT2D eigenvalue weighted by molar-refractivity contribution is 4.70. The van der Waals surface area contributed by atoms with Crippen LogP contribution in [0, 0.1) is 5.41 Å². The van der Waals surface area contributed by atoms with Crippen molar-refractivity contribution in [1.82, 2.24) is 9.80 Å². The summed E-state index contributed by atoms with van der Waals surface area (Å²) in [7, 11) is 6.44. The number of nitrogens with two attached hydrogens (primary N) is 1. The fourth-order valence-electron chi connectivity index (χ4n) is 1.36. The first-order valence-corrected chi connectivity index (χ1v) is 5.91. The average Bonchev–Trinajstić information content (AvgIpc) is 2.14. The second-order valence-corrected chi connectivity index (χ2v) is 5.58. The zero-order chi connectivity index (χ0) is 11.9. The van der Waals surface area contributed by atoms with E-state index in [1.807, 2.05) is 0 Å². The first-order chi connectivity index (χ1) is 6.87. The third-order valence-electron chi connectivity index (χ3n) is 2.87. The van der Waals surface area contributed by atoms with Gasteiger partial charge in [0.15, 0.2) is 0 Å². The van der Waals surface area contributed by atoms with Crippen LogP contribution in [0.2, 0.25) is 0 Å². The molecule has 0 unspecified atom stereocenters. The molecule has 0 amide bonds. The molecule has 3 heteroatoms. The van der Waals surface area contributed by atoms with Crippen LogP contribution in [0.25, 0.3) is 0 Å². The van der Waals surface area contributed by atoms with Gasteiger partial charge in [-0.25, -0.2) is 0 Å². The second-order valence-electron chi connectivity index (χ2n) is 5.58. The third-order valence-corrected chi connectivity index (χ3v) is 2.87. The van der Waals surface area contributed by atoms with Gasteiger partial charge >= 0.3 is 0 Å². The van der Waals surface area contributed by atoms with Gasteiger partial charge in [-0.15, -0.1) is 0 Å². The van der Waals surface area contributed by atoms with E-state index in [1.54, 1.807) is 0 Å². The SMILES string of the molecule is CN(C)CCCN(C)CCC(C)(C)CN. The molecular formula is C12H29N3. The zero-order valence-corrected chi connectivity index (χ0v) is 11.2. The minimum atomic E-state index is 0.288. The van der Waals surface area contributed by atoms with Crippen LogP contribution in [-0.2, 0) is 0 Å². The lowest BCUT2D eigenvalue weighted by Crippen LogP contribution is -2.31. The van der Waals surface area contributed by atoms with Gasteiger partial charge in [-0.2, -0.15) is 0 Å². The lowest BCUT2D eigenvalue weighted by molar-refractivity contribution is 0.244. The molecule has 0 atom stereocenters. The van der Waals surface area contributed by atoms with Crippen molar-refractivity contribution in [1.29, 1.82) is 0 Å². The van der Waals surface area contributed by atoms with Crippen molar-refractivity contribution in [2.45, 2.75) is 26.7 Å². The van der Waals surface area contributed by atoms with Crippen LogP contribution in [0.5, 0.6) is 0 Å². The monoisotopic (exact) mass is 215 g/mol. The summed E-state index contributed by atoms with van der Waals surface area (Å²) in [5.41, 5.74) is 5.99. The van der Waals surface area contributed by atoms with E-state index in [2.05, 4.69) is 44.8 Å². The number of nitrogens with zero attached hydrogens (tertiary/aromatic N) is 2. The maximum absolute atomic E-state index is 5.71. The van der Waals surface area contributed by atoms with E-state index in [4.69, 9.17) is 5.73 Å². The average molecular weight is 215 g/mol.